The van der Waals surface area contributed by atoms with Gasteiger partial charge in [0.2, 0.25) is 0 Å². The maximum Gasteiger partial charge on any atom is 0.0468 e. The van der Waals surface area contributed by atoms with E-state index < -0.39 is 0 Å². The zero-order valence-corrected chi connectivity index (χ0v) is 11.4. The maximum atomic E-state index is 5.46. The normalized spacial score (nSPS) is 30.9. The predicted molar refractivity (Wildman–Crippen MR) is 72.2 cm³/mol. The highest BCUT2D eigenvalue weighted by Crippen LogP contribution is 2.37. The smallest absolute Gasteiger partial charge is 0.0468 e. The Bertz CT molecular complexity index is 201. The molecule has 0 bridgehead atoms. The summed E-state index contributed by atoms with van der Waals surface area (Å²) in [6.07, 6.45) is 9.77. The van der Waals surface area contributed by atoms with Crippen molar-refractivity contribution in [2.45, 2.75) is 51.9 Å². The van der Waals surface area contributed by atoms with Gasteiger partial charge in [-0.1, -0.05) is 19.8 Å². The van der Waals surface area contributed by atoms with E-state index in [0.29, 0.717) is 0 Å². The third-order valence-corrected chi connectivity index (χ3v) is 4.63. The average Bonchev–Trinajstić information content (AvgIpc) is 2.79. The summed E-state index contributed by atoms with van der Waals surface area (Å²) in [5, 5.41) is 3.62. The van der Waals surface area contributed by atoms with Gasteiger partial charge in [-0.2, -0.15) is 0 Å². The second-order valence-corrected chi connectivity index (χ2v) is 5.95. The van der Waals surface area contributed by atoms with Gasteiger partial charge >= 0.3 is 0 Å². The van der Waals surface area contributed by atoms with E-state index in [1.807, 2.05) is 0 Å². The highest BCUT2D eigenvalue weighted by Gasteiger charge is 2.29. The molecule has 2 rings (SSSR count). The van der Waals surface area contributed by atoms with Crippen LogP contribution in [0.1, 0.15) is 51.9 Å². The molecule has 0 aromatic rings. The number of hydrogen-bond acceptors (Lipinski definition) is 2. The van der Waals surface area contributed by atoms with E-state index >= 15 is 0 Å². The predicted octanol–water partition coefficient (Wildman–Crippen LogP) is 3.22. The van der Waals surface area contributed by atoms with Gasteiger partial charge in [0, 0.05) is 13.2 Å². The largest absolute Gasteiger partial charge is 0.381 e. The minimum atomic E-state index is 0.959. The summed E-state index contributed by atoms with van der Waals surface area (Å²) < 4.78 is 5.46. The monoisotopic (exact) mass is 239 g/mol. The highest BCUT2D eigenvalue weighted by molar-refractivity contribution is 4.81. The van der Waals surface area contributed by atoms with Crippen LogP contribution < -0.4 is 5.32 Å². The topological polar surface area (TPSA) is 21.3 Å². The van der Waals surface area contributed by atoms with Gasteiger partial charge in [-0.05, 0) is 62.9 Å². The summed E-state index contributed by atoms with van der Waals surface area (Å²) in [5.41, 5.74) is 0. The lowest BCUT2D eigenvalue weighted by Crippen LogP contribution is -2.28. The molecular weight excluding hydrogens is 210 g/mol. The van der Waals surface area contributed by atoms with Crippen molar-refractivity contribution >= 4 is 0 Å². The maximum absolute atomic E-state index is 5.46. The molecule has 1 saturated heterocycles. The quantitative estimate of drug-likeness (QED) is 0.719. The van der Waals surface area contributed by atoms with Gasteiger partial charge in [0.25, 0.3) is 0 Å². The molecule has 0 amide bonds. The van der Waals surface area contributed by atoms with E-state index in [4.69, 9.17) is 4.74 Å². The fraction of sp³-hybridized carbons (Fsp3) is 1.00. The van der Waals surface area contributed by atoms with Crippen molar-refractivity contribution in [1.29, 1.82) is 0 Å². The van der Waals surface area contributed by atoms with E-state index in [9.17, 15) is 0 Å². The molecule has 1 aliphatic carbocycles. The molecule has 17 heavy (non-hydrogen) atoms. The lowest BCUT2D eigenvalue weighted by Gasteiger charge is -2.28. The van der Waals surface area contributed by atoms with Crippen LogP contribution in [0.3, 0.4) is 0 Å². The average molecular weight is 239 g/mol. The standard InChI is InChI=1S/C15H29NO/c1-2-8-16-12-15-5-3-4-14(15)11-13-6-9-17-10-7-13/h13-16H,2-12H2,1H3. The molecule has 0 radical (unpaired) electrons. The molecule has 2 unspecified atom stereocenters. The van der Waals surface area contributed by atoms with Crippen LogP contribution in [0.25, 0.3) is 0 Å². The molecule has 2 heteroatoms. The van der Waals surface area contributed by atoms with E-state index in [1.165, 1.54) is 58.0 Å². The molecule has 1 aliphatic heterocycles. The molecule has 2 atom stereocenters. The van der Waals surface area contributed by atoms with Crippen LogP contribution in [-0.2, 0) is 4.74 Å². The fourth-order valence-corrected chi connectivity index (χ4v) is 3.57. The van der Waals surface area contributed by atoms with Crippen molar-refractivity contribution in [3.05, 3.63) is 0 Å². The van der Waals surface area contributed by atoms with Crippen molar-refractivity contribution in [3.8, 4) is 0 Å². The van der Waals surface area contributed by atoms with Crippen LogP contribution in [0.2, 0.25) is 0 Å². The SMILES string of the molecule is CCCNCC1CCCC1CC1CCOCC1. The Morgan fingerprint density at radius 1 is 1.06 bits per heavy atom. The van der Waals surface area contributed by atoms with Gasteiger partial charge in [0.05, 0.1) is 0 Å². The van der Waals surface area contributed by atoms with Crippen molar-refractivity contribution < 1.29 is 4.74 Å². The first-order chi connectivity index (χ1) is 8.40. The Hall–Kier alpha value is -0.0800. The molecule has 0 aromatic heterocycles. The summed E-state index contributed by atoms with van der Waals surface area (Å²) in [5.74, 6) is 2.92. The van der Waals surface area contributed by atoms with Crippen molar-refractivity contribution in [1.82, 2.24) is 5.32 Å². The number of hydrogen-bond donors (Lipinski definition) is 1. The molecule has 0 aromatic carbocycles. The van der Waals surface area contributed by atoms with Gasteiger partial charge in [0.15, 0.2) is 0 Å². The lowest BCUT2D eigenvalue weighted by atomic mass is 9.83. The Balaban J connectivity index is 1.70. The Labute approximate surface area is 107 Å². The number of rotatable bonds is 6. The van der Waals surface area contributed by atoms with Crippen molar-refractivity contribution in [2.75, 3.05) is 26.3 Å². The summed E-state index contributed by atoms with van der Waals surface area (Å²) in [7, 11) is 0. The first-order valence-corrected chi connectivity index (χ1v) is 7.68. The third kappa shape index (κ3) is 4.26. The molecule has 2 nitrogen and oxygen atoms in total. The molecule has 0 spiro atoms. The summed E-state index contributed by atoms with van der Waals surface area (Å²) >= 11 is 0. The molecule has 2 fully saturated rings. The molecule has 100 valence electrons. The van der Waals surface area contributed by atoms with E-state index in [-0.39, 0.29) is 0 Å². The zero-order chi connectivity index (χ0) is 11.9. The first kappa shape index (κ1) is 13.4. The van der Waals surface area contributed by atoms with E-state index in [1.54, 1.807) is 0 Å². The molecular formula is C15H29NO. The van der Waals surface area contributed by atoms with Gasteiger partial charge < -0.3 is 10.1 Å². The van der Waals surface area contributed by atoms with Gasteiger partial charge in [-0.25, -0.2) is 0 Å². The van der Waals surface area contributed by atoms with Gasteiger partial charge in [-0.15, -0.1) is 0 Å². The second-order valence-electron chi connectivity index (χ2n) is 5.95. The van der Waals surface area contributed by atoms with Crippen LogP contribution in [-0.4, -0.2) is 26.3 Å². The van der Waals surface area contributed by atoms with Crippen LogP contribution in [0.15, 0.2) is 0 Å². The summed E-state index contributed by atoms with van der Waals surface area (Å²) in [4.78, 5) is 0. The van der Waals surface area contributed by atoms with E-state index in [0.717, 1.165) is 31.0 Å². The number of ether oxygens (including phenoxy) is 1. The van der Waals surface area contributed by atoms with Crippen molar-refractivity contribution in [3.63, 3.8) is 0 Å². The molecule has 1 heterocycles. The summed E-state index contributed by atoms with van der Waals surface area (Å²) in [6.45, 7) is 6.73. The fourth-order valence-electron chi connectivity index (χ4n) is 3.57. The van der Waals surface area contributed by atoms with Crippen LogP contribution in [0.5, 0.6) is 0 Å². The Kier molecular flexibility index (Phi) is 5.79. The number of nitrogens with one attached hydrogen (secondary N) is 1. The first-order valence-electron chi connectivity index (χ1n) is 7.68. The van der Waals surface area contributed by atoms with Crippen LogP contribution in [0, 0.1) is 17.8 Å². The third-order valence-electron chi connectivity index (χ3n) is 4.63. The van der Waals surface area contributed by atoms with Gasteiger partial charge in [-0.3, -0.25) is 0 Å². The Morgan fingerprint density at radius 2 is 1.82 bits per heavy atom. The van der Waals surface area contributed by atoms with Gasteiger partial charge in [0.1, 0.15) is 0 Å². The zero-order valence-electron chi connectivity index (χ0n) is 11.4. The summed E-state index contributed by atoms with van der Waals surface area (Å²) in [6, 6.07) is 0. The Morgan fingerprint density at radius 3 is 2.59 bits per heavy atom. The molecule has 1 N–H and O–H groups in total. The second kappa shape index (κ2) is 7.38. The van der Waals surface area contributed by atoms with Crippen LogP contribution in [0.4, 0.5) is 0 Å². The minimum absolute atomic E-state index is 0.959. The van der Waals surface area contributed by atoms with Crippen molar-refractivity contribution in [2.24, 2.45) is 17.8 Å². The highest BCUT2D eigenvalue weighted by atomic mass is 16.5. The van der Waals surface area contributed by atoms with Crippen LogP contribution >= 0.6 is 0 Å². The molecule has 2 aliphatic rings. The lowest BCUT2D eigenvalue weighted by molar-refractivity contribution is 0.0562. The molecule has 1 saturated carbocycles. The van der Waals surface area contributed by atoms with E-state index in [2.05, 4.69) is 12.2 Å². The minimum Gasteiger partial charge on any atom is -0.381 e.